The summed E-state index contributed by atoms with van der Waals surface area (Å²) in [4.78, 5) is 0. The molecular formula is C2H3BF2O. The fraction of sp³-hybridized carbons (Fsp3) is 1.00. The van der Waals surface area contributed by atoms with E-state index in [-0.39, 0.29) is 0 Å². The highest BCUT2D eigenvalue weighted by atomic mass is 19.3. The van der Waals surface area contributed by atoms with Crippen LogP contribution >= 0.6 is 0 Å². The normalized spacial score (nSPS) is 11.8. The minimum Gasteiger partial charge on any atom is -0.333 e. The number of halogens is 2. The van der Waals surface area contributed by atoms with Crippen LogP contribution in [0.15, 0.2) is 0 Å². The van der Waals surface area contributed by atoms with Gasteiger partial charge >= 0.3 is 0 Å². The van der Waals surface area contributed by atoms with Gasteiger partial charge in [-0.05, 0) is 0 Å². The van der Waals surface area contributed by atoms with Gasteiger partial charge < -0.3 is 4.74 Å². The van der Waals surface area contributed by atoms with Gasteiger partial charge in [0.25, 0.3) is 6.01 Å². The first-order valence-corrected chi connectivity index (χ1v) is 1.28. The van der Waals surface area contributed by atoms with Crippen LogP contribution in [0.2, 0.25) is 0 Å². The summed E-state index contributed by atoms with van der Waals surface area (Å²) in [5.74, 6) is 0. The lowest BCUT2D eigenvalue weighted by Crippen LogP contribution is -2.17. The van der Waals surface area contributed by atoms with Crippen LogP contribution in [-0.2, 0) is 4.74 Å². The van der Waals surface area contributed by atoms with E-state index >= 15 is 0 Å². The van der Waals surface area contributed by atoms with E-state index < -0.39 is 6.01 Å². The number of rotatable bonds is 1. The maximum absolute atomic E-state index is 11.0. The highest BCUT2D eigenvalue weighted by molar-refractivity contribution is 6.12. The van der Waals surface area contributed by atoms with E-state index in [1.54, 1.807) is 0 Å². The van der Waals surface area contributed by atoms with Gasteiger partial charge in [0.1, 0.15) is 0 Å². The molecule has 0 rings (SSSR count). The van der Waals surface area contributed by atoms with Crippen LogP contribution in [0.25, 0.3) is 0 Å². The van der Waals surface area contributed by atoms with E-state index in [1.807, 2.05) is 0 Å². The zero-order valence-electron chi connectivity index (χ0n) is 3.24. The van der Waals surface area contributed by atoms with Crippen molar-refractivity contribution < 1.29 is 13.5 Å². The minimum absolute atomic E-state index is 0.833. The second-order valence-electron chi connectivity index (χ2n) is 0.766. The molecule has 1 nitrogen and oxygen atoms in total. The number of hydrogen-bond acceptors (Lipinski definition) is 1. The van der Waals surface area contributed by atoms with Gasteiger partial charge in [-0.1, -0.05) is 0 Å². The first-order chi connectivity index (χ1) is 2.56. The molecule has 0 amide bonds. The molecule has 0 aliphatic rings. The number of methoxy groups -OCH3 is 1. The summed E-state index contributed by atoms with van der Waals surface area (Å²) in [5.41, 5.74) is 0. The van der Waals surface area contributed by atoms with Gasteiger partial charge in [-0.2, -0.15) is 8.78 Å². The molecule has 0 aromatic rings. The largest absolute Gasteiger partial charge is 0.333 e. The van der Waals surface area contributed by atoms with Gasteiger partial charge in [0, 0.05) is 7.11 Å². The molecule has 0 aromatic heterocycles. The summed E-state index contributed by atoms with van der Waals surface area (Å²) in [6.07, 6.45) is 0. The standard InChI is InChI=1S/C2H3BF2O/c1-6-2(3,4)5/h1H3. The molecule has 2 radical (unpaired) electrons. The molecule has 34 valence electrons. The highest BCUT2D eigenvalue weighted by Gasteiger charge is 2.16. The van der Waals surface area contributed by atoms with Crippen LogP contribution in [0.5, 0.6) is 0 Å². The summed E-state index contributed by atoms with van der Waals surface area (Å²) < 4.78 is 25.4. The van der Waals surface area contributed by atoms with Crippen molar-refractivity contribution in [1.29, 1.82) is 0 Å². The minimum atomic E-state index is -3.46. The van der Waals surface area contributed by atoms with E-state index in [0.29, 0.717) is 0 Å². The molecule has 0 spiro atoms. The van der Waals surface area contributed by atoms with Crippen LogP contribution in [0.3, 0.4) is 0 Å². The lowest BCUT2D eigenvalue weighted by Gasteiger charge is -2.04. The van der Waals surface area contributed by atoms with Gasteiger partial charge in [-0.25, -0.2) is 0 Å². The predicted molar refractivity (Wildman–Crippen MR) is 17.7 cm³/mol. The Morgan fingerprint density at radius 2 is 1.83 bits per heavy atom. The first kappa shape index (κ1) is 5.88. The Morgan fingerprint density at radius 3 is 1.83 bits per heavy atom. The Labute approximate surface area is 35.7 Å². The number of alkyl halides is 2. The Morgan fingerprint density at radius 1 is 1.67 bits per heavy atom. The van der Waals surface area contributed by atoms with Crippen molar-refractivity contribution in [2.45, 2.75) is 6.01 Å². The summed E-state index contributed by atoms with van der Waals surface area (Å²) >= 11 is 0. The fourth-order valence-corrected chi connectivity index (χ4v) is 0. The predicted octanol–water partition coefficient (Wildman–Crippen LogP) is 0.352. The number of hydrogen-bond donors (Lipinski definition) is 0. The van der Waals surface area contributed by atoms with Crippen molar-refractivity contribution >= 4 is 7.85 Å². The Bertz CT molecular complexity index is 41.3. The Kier molecular flexibility index (Phi) is 1.53. The molecule has 4 heteroatoms. The third-order valence-corrected chi connectivity index (χ3v) is 0.272. The fourth-order valence-electron chi connectivity index (χ4n) is 0. The van der Waals surface area contributed by atoms with Crippen LogP contribution in [0, 0.1) is 0 Å². The second kappa shape index (κ2) is 1.56. The molecule has 0 saturated carbocycles. The molecule has 0 N–H and O–H groups in total. The van der Waals surface area contributed by atoms with Crippen LogP contribution < -0.4 is 0 Å². The van der Waals surface area contributed by atoms with Crippen molar-refractivity contribution in [3.8, 4) is 0 Å². The van der Waals surface area contributed by atoms with Gasteiger partial charge in [0.15, 0.2) is 0 Å². The number of ether oxygens (including phenoxy) is 1. The summed E-state index contributed by atoms with van der Waals surface area (Å²) in [5, 5.41) is 0. The third-order valence-electron chi connectivity index (χ3n) is 0.272. The molecule has 0 heterocycles. The van der Waals surface area contributed by atoms with Crippen molar-refractivity contribution in [1.82, 2.24) is 0 Å². The van der Waals surface area contributed by atoms with E-state index in [0.717, 1.165) is 7.11 Å². The highest BCUT2D eigenvalue weighted by Crippen LogP contribution is 2.04. The molecule has 0 aliphatic heterocycles. The van der Waals surface area contributed by atoms with Crippen molar-refractivity contribution in [3.05, 3.63) is 0 Å². The average molecular weight is 91.9 g/mol. The maximum atomic E-state index is 11.0. The molecule has 0 aliphatic carbocycles. The maximum Gasteiger partial charge on any atom is 0.296 e. The summed E-state index contributed by atoms with van der Waals surface area (Å²) in [7, 11) is 4.81. The zero-order valence-corrected chi connectivity index (χ0v) is 3.24. The molecule has 6 heavy (non-hydrogen) atoms. The van der Waals surface area contributed by atoms with Gasteiger partial charge in [-0.3, -0.25) is 0 Å². The lowest BCUT2D eigenvalue weighted by atomic mass is 10.1. The summed E-state index contributed by atoms with van der Waals surface area (Å²) in [6, 6.07) is -3.46. The molecular weight excluding hydrogens is 88.8 g/mol. The Balaban J connectivity index is 3.17. The quantitative estimate of drug-likeness (QED) is 0.424. The topological polar surface area (TPSA) is 9.23 Å². The monoisotopic (exact) mass is 92.0 g/mol. The third kappa shape index (κ3) is 3.88. The van der Waals surface area contributed by atoms with E-state index in [2.05, 4.69) is 12.6 Å². The van der Waals surface area contributed by atoms with Crippen LogP contribution in [-0.4, -0.2) is 21.0 Å². The smallest absolute Gasteiger partial charge is 0.296 e. The van der Waals surface area contributed by atoms with Crippen molar-refractivity contribution in [2.24, 2.45) is 0 Å². The summed E-state index contributed by atoms with van der Waals surface area (Å²) in [6.45, 7) is 0. The van der Waals surface area contributed by atoms with Crippen molar-refractivity contribution in [3.63, 3.8) is 0 Å². The molecule has 0 aromatic carbocycles. The van der Waals surface area contributed by atoms with Gasteiger partial charge in [-0.15, -0.1) is 0 Å². The van der Waals surface area contributed by atoms with E-state index in [4.69, 9.17) is 0 Å². The van der Waals surface area contributed by atoms with Gasteiger partial charge in [0.2, 0.25) is 7.85 Å². The van der Waals surface area contributed by atoms with E-state index in [9.17, 15) is 8.78 Å². The molecule has 0 bridgehead atoms. The van der Waals surface area contributed by atoms with Crippen molar-refractivity contribution in [2.75, 3.05) is 7.11 Å². The van der Waals surface area contributed by atoms with Gasteiger partial charge in [0.05, 0.1) is 0 Å². The lowest BCUT2D eigenvalue weighted by molar-refractivity contribution is -0.149. The first-order valence-electron chi connectivity index (χ1n) is 1.28. The average Bonchev–Trinajstić information content (AvgIpc) is 1.35. The molecule has 0 unspecified atom stereocenters. The van der Waals surface area contributed by atoms with Crippen LogP contribution in [0.4, 0.5) is 8.78 Å². The van der Waals surface area contributed by atoms with Crippen LogP contribution in [0.1, 0.15) is 0 Å². The zero-order chi connectivity index (χ0) is 5.21. The van der Waals surface area contributed by atoms with E-state index in [1.165, 1.54) is 0 Å². The second-order valence-corrected chi connectivity index (χ2v) is 0.766. The molecule has 0 fully saturated rings. The Hall–Kier alpha value is -0.115. The SMILES string of the molecule is [B]C(F)(F)OC. The molecule has 0 atom stereocenters. The molecule has 0 saturated heterocycles.